The smallest absolute Gasteiger partial charge is 0.244 e. The first-order valence-electron chi connectivity index (χ1n) is 7.06. The van der Waals surface area contributed by atoms with Crippen molar-refractivity contribution in [3.8, 4) is 0 Å². The first-order valence-corrected chi connectivity index (χ1v) is 8.54. The van der Waals surface area contributed by atoms with Gasteiger partial charge in [0.2, 0.25) is 10.0 Å². The molecule has 2 N–H and O–H groups in total. The van der Waals surface area contributed by atoms with Crippen LogP contribution >= 0.6 is 0 Å². The molecule has 0 radical (unpaired) electrons. The molecular formula is C14H23NO4S. The molecule has 1 aliphatic rings. The number of rotatable bonds is 5. The van der Waals surface area contributed by atoms with Gasteiger partial charge in [-0.25, -0.2) is 13.1 Å². The highest BCUT2D eigenvalue weighted by Crippen LogP contribution is 2.35. The molecule has 0 spiro atoms. The average Bonchev–Trinajstić information content (AvgIpc) is 2.80. The highest BCUT2D eigenvalue weighted by molar-refractivity contribution is 7.89. The lowest BCUT2D eigenvalue weighted by Gasteiger charge is -2.33. The zero-order valence-electron chi connectivity index (χ0n) is 12.1. The van der Waals surface area contributed by atoms with E-state index in [0.717, 1.165) is 25.7 Å². The van der Waals surface area contributed by atoms with Crippen LogP contribution < -0.4 is 4.72 Å². The van der Waals surface area contributed by atoms with E-state index in [-0.39, 0.29) is 22.7 Å². The predicted octanol–water partition coefficient (Wildman–Crippen LogP) is 2.33. The van der Waals surface area contributed by atoms with Crippen LogP contribution in [0.4, 0.5) is 0 Å². The summed E-state index contributed by atoms with van der Waals surface area (Å²) in [5.74, 6) is 0.585. The number of furan rings is 1. The van der Waals surface area contributed by atoms with Gasteiger partial charge in [0, 0.05) is 12.6 Å². The SMILES string of the molecule is Cc1oc(CO)cc1S(=O)(=O)NCC1(C)CCCCC1. The van der Waals surface area contributed by atoms with Gasteiger partial charge in [0.25, 0.3) is 0 Å². The van der Waals surface area contributed by atoms with Crippen LogP contribution in [0.2, 0.25) is 0 Å². The van der Waals surface area contributed by atoms with Crippen LogP contribution in [-0.2, 0) is 16.6 Å². The zero-order chi connectivity index (χ0) is 14.8. The summed E-state index contributed by atoms with van der Waals surface area (Å²) in [5, 5.41) is 9.01. The van der Waals surface area contributed by atoms with Crippen molar-refractivity contribution in [3.05, 3.63) is 17.6 Å². The molecular weight excluding hydrogens is 278 g/mol. The van der Waals surface area contributed by atoms with E-state index in [1.807, 2.05) is 0 Å². The molecule has 6 heteroatoms. The van der Waals surface area contributed by atoms with Gasteiger partial charge in [-0.1, -0.05) is 26.2 Å². The van der Waals surface area contributed by atoms with E-state index in [1.54, 1.807) is 6.92 Å². The molecule has 5 nitrogen and oxygen atoms in total. The maximum atomic E-state index is 12.3. The van der Waals surface area contributed by atoms with Crippen LogP contribution in [0.1, 0.15) is 50.5 Å². The summed E-state index contributed by atoms with van der Waals surface area (Å²) in [6.45, 7) is 3.88. The molecule has 2 rings (SSSR count). The highest BCUT2D eigenvalue weighted by atomic mass is 32.2. The van der Waals surface area contributed by atoms with Crippen LogP contribution in [0.3, 0.4) is 0 Å². The maximum Gasteiger partial charge on any atom is 0.244 e. The molecule has 1 aromatic rings. The molecule has 20 heavy (non-hydrogen) atoms. The van der Waals surface area contributed by atoms with Crippen molar-refractivity contribution in [1.29, 1.82) is 0 Å². The number of aliphatic hydroxyl groups is 1. The minimum Gasteiger partial charge on any atom is -0.462 e. The molecule has 1 heterocycles. The molecule has 0 aliphatic heterocycles. The number of aryl methyl sites for hydroxylation is 1. The van der Waals surface area contributed by atoms with Crippen molar-refractivity contribution in [1.82, 2.24) is 4.72 Å². The fraction of sp³-hybridized carbons (Fsp3) is 0.714. The lowest BCUT2D eigenvalue weighted by Crippen LogP contribution is -2.37. The summed E-state index contributed by atoms with van der Waals surface area (Å²) < 4.78 is 32.5. The van der Waals surface area contributed by atoms with Gasteiger partial charge in [-0.2, -0.15) is 0 Å². The average molecular weight is 301 g/mol. The van der Waals surface area contributed by atoms with Gasteiger partial charge in [0.05, 0.1) is 0 Å². The number of hydrogen-bond acceptors (Lipinski definition) is 4. The Balaban J connectivity index is 2.08. The third-order valence-electron chi connectivity index (χ3n) is 4.12. The Kier molecular flexibility index (Phi) is 4.56. The Bertz CT molecular complexity index is 556. The Hall–Kier alpha value is -0.850. The van der Waals surface area contributed by atoms with E-state index >= 15 is 0 Å². The number of nitrogens with one attached hydrogen (secondary N) is 1. The topological polar surface area (TPSA) is 79.5 Å². The van der Waals surface area contributed by atoms with Crippen LogP contribution in [-0.4, -0.2) is 20.1 Å². The first-order chi connectivity index (χ1) is 9.36. The monoisotopic (exact) mass is 301 g/mol. The Morgan fingerprint density at radius 3 is 2.55 bits per heavy atom. The molecule has 0 amide bonds. The summed E-state index contributed by atoms with van der Waals surface area (Å²) in [5.41, 5.74) is 0.0444. The second kappa shape index (κ2) is 5.87. The van der Waals surface area contributed by atoms with E-state index in [9.17, 15) is 8.42 Å². The molecule has 1 fully saturated rings. The van der Waals surface area contributed by atoms with E-state index in [4.69, 9.17) is 9.52 Å². The highest BCUT2D eigenvalue weighted by Gasteiger charge is 2.30. The van der Waals surface area contributed by atoms with E-state index in [1.165, 1.54) is 12.5 Å². The summed E-state index contributed by atoms with van der Waals surface area (Å²) in [6, 6.07) is 1.39. The molecule has 0 unspecified atom stereocenters. The van der Waals surface area contributed by atoms with E-state index < -0.39 is 10.0 Å². The van der Waals surface area contributed by atoms with Crippen molar-refractivity contribution < 1.29 is 17.9 Å². The maximum absolute atomic E-state index is 12.3. The summed E-state index contributed by atoms with van der Waals surface area (Å²) in [6.07, 6.45) is 5.68. The van der Waals surface area contributed by atoms with E-state index in [0.29, 0.717) is 12.3 Å². The van der Waals surface area contributed by atoms with Gasteiger partial charge < -0.3 is 9.52 Å². The summed E-state index contributed by atoms with van der Waals surface area (Å²) >= 11 is 0. The van der Waals surface area contributed by atoms with Crippen LogP contribution in [0.25, 0.3) is 0 Å². The number of sulfonamides is 1. The Labute approximate surface area is 120 Å². The lowest BCUT2D eigenvalue weighted by atomic mass is 9.76. The third-order valence-corrected chi connectivity index (χ3v) is 5.63. The van der Waals surface area contributed by atoms with Crippen molar-refractivity contribution in [2.24, 2.45) is 5.41 Å². The van der Waals surface area contributed by atoms with Crippen molar-refractivity contribution in [2.45, 2.75) is 57.5 Å². The van der Waals surface area contributed by atoms with Gasteiger partial charge in [-0.3, -0.25) is 0 Å². The molecule has 0 saturated heterocycles. The third kappa shape index (κ3) is 3.42. The molecule has 1 aromatic heterocycles. The van der Waals surface area contributed by atoms with Crippen molar-refractivity contribution >= 4 is 10.0 Å². The Morgan fingerprint density at radius 1 is 1.35 bits per heavy atom. The Morgan fingerprint density at radius 2 is 2.00 bits per heavy atom. The molecule has 0 bridgehead atoms. The van der Waals surface area contributed by atoms with Crippen molar-refractivity contribution in [3.63, 3.8) is 0 Å². The molecule has 0 aromatic carbocycles. The zero-order valence-corrected chi connectivity index (χ0v) is 12.9. The predicted molar refractivity (Wildman–Crippen MR) is 75.7 cm³/mol. The largest absolute Gasteiger partial charge is 0.462 e. The van der Waals surface area contributed by atoms with Crippen LogP contribution in [0.15, 0.2) is 15.4 Å². The number of aliphatic hydroxyl groups excluding tert-OH is 1. The molecule has 1 saturated carbocycles. The summed E-state index contributed by atoms with van der Waals surface area (Å²) in [7, 11) is -3.57. The fourth-order valence-electron chi connectivity index (χ4n) is 2.80. The van der Waals surface area contributed by atoms with Crippen LogP contribution in [0.5, 0.6) is 0 Å². The van der Waals surface area contributed by atoms with Gasteiger partial charge >= 0.3 is 0 Å². The fourth-order valence-corrected chi connectivity index (χ4v) is 4.20. The van der Waals surface area contributed by atoms with E-state index in [2.05, 4.69) is 11.6 Å². The molecule has 0 atom stereocenters. The lowest BCUT2D eigenvalue weighted by molar-refractivity contribution is 0.219. The minimum atomic E-state index is -3.57. The standard InChI is InChI=1S/C14H23NO4S/c1-11-13(8-12(9-16)19-11)20(17,18)15-10-14(2)6-4-3-5-7-14/h8,15-16H,3-7,9-10H2,1-2H3. The first kappa shape index (κ1) is 15.5. The van der Waals surface area contributed by atoms with Gasteiger partial charge in [-0.15, -0.1) is 0 Å². The van der Waals surface area contributed by atoms with Crippen LogP contribution in [0, 0.1) is 12.3 Å². The second-order valence-corrected chi connectivity index (χ2v) is 7.72. The van der Waals surface area contributed by atoms with Gasteiger partial charge in [0.15, 0.2) is 0 Å². The van der Waals surface area contributed by atoms with Crippen molar-refractivity contribution in [2.75, 3.05) is 6.54 Å². The molecule has 114 valence electrons. The second-order valence-electron chi connectivity index (χ2n) is 5.99. The molecule has 1 aliphatic carbocycles. The van der Waals surface area contributed by atoms with Gasteiger partial charge in [0.1, 0.15) is 23.0 Å². The number of hydrogen-bond donors (Lipinski definition) is 2. The quantitative estimate of drug-likeness (QED) is 0.875. The minimum absolute atomic E-state index is 0.0444. The normalized spacial score (nSPS) is 19.1. The van der Waals surface area contributed by atoms with Gasteiger partial charge in [-0.05, 0) is 25.2 Å². The summed E-state index contributed by atoms with van der Waals surface area (Å²) in [4.78, 5) is 0.126.